The summed E-state index contributed by atoms with van der Waals surface area (Å²) in [6.45, 7) is 6.62. The highest BCUT2D eigenvalue weighted by atomic mass is 16.6. The predicted molar refractivity (Wildman–Crippen MR) is 325 cm³/mol. The van der Waals surface area contributed by atoms with E-state index in [-0.39, 0.29) is 31.1 Å². The van der Waals surface area contributed by atoms with Gasteiger partial charge in [-0.3, -0.25) is 14.4 Å². The van der Waals surface area contributed by atoms with Gasteiger partial charge in [-0.05, 0) is 83.5 Å². The molecule has 0 saturated heterocycles. The molecule has 0 radical (unpaired) electrons. The molecule has 0 aliphatic rings. The second-order valence-electron chi connectivity index (χ2n) is 22.0. The standard InChI is InChI=1S/C69H124O6/c1-4-7-10-13-16-19-22-25-28-31-33-34-36-39-42-45-48-51-54-57-60-63-69(72)75-66(64-73-67(70)61-58-55-52-49-46-43-40-37-30-27-24-21-18-15-12-9-6-3)65-74-68(71)62-59-56-53-50-47-44-41-38-35-32-29-26-23-20-17-14-11-8-5-2/h17,20,26-27,29-30,40,43,49,52,66H,4-16,18-19,21-25,28,31-39,41-42,44-48,50-51,53-65H2,1-3H3/b20-17-,29-26-,30-27-,43-40-,52-49-/t66-/m0/s1. The van der Waals surface area contributed by atoms with E-state index in [2.05, 4.69) is 81.5 Å². The summed E-state index contributed by atoms with van der Waals surface area (Å²) in [7, 11) is 0. The number of unbranched alkanes of at least 4 members (excludes halogenated alkanes) is 39. The third-order valence-corrected chi connectivity index (χ3v) is 14.5. The van der Waals surface area contributed by atoms with Crippen LogP contribution in [0, 0.1) is 0 Å². The Morgan fingerprint density at radius 2 is 0.493 bits per heavy atom. The monoisotopic (exact) mass is 1050 g/mol. The molecule has 0 heterocycles. The molecule has 0 aliphatic heterocycles. The van der Waals surface area contributed by atoms with Crippen LogP contribution in [0.2, 0.25) is 0 Å². The van der Waals surface area contributed by atoms with Gasteiger partial charge in [0.1, 0.15) is 13.2 Å². The van der Waals surface area contributed by atoms with Crippen molar-refractivity contribution in [3.63, 3.8) is 0 Å². The highest BCUT2D eigenvalue weighted by Gasteiger charge is 2.19. The molecule has 0 aromatic carbocycles. The van der Waals surface area contributed by atoms with E-state index in [0.29, 0.717) is 25.7 Å². The molecule has 1 atom stereocenters. The molecule has 436 valence electrons. The van der Waals surface area contributed by atoms with Crippen LogP contribution in [0.1, 0.15) is 342 Å². The van der Waals surface area contributed by atoms with E-state index in [1.165, 1.54) is 231 Å². The van der Waals surface area contributed by atoms with Crippen LogP contribution in [0.5, 0.6) is 0 Å². The van der Waals surface area contributed by atoms with E-state index in [1.807, 2.05) is 0 Å². The van der Waals surface area contributed by atoms with Gasteiger partial charge in [0, 0.05) is 19.3 Å². The fourth-order valence-corrected chi connectivity index (χ4v) is 9.55. The zero-order valence-electron chi connectivity index (χ0n) is 50.1. The van der Waals surface area contributed by atoms with E-state index in [4.69, 9.17) is 14.2 Å². The first-order valence-electron chi connectivity index (χ1n) is 32.8. The van der Waals surface area contributed by atoms with Crippen LogP contribution < -0.4 is 0 Å². The molecule has 0 amide bonds. The van der Waals surface area contributed by atoms with Crippen molar-refractivity contribution < 1.29 is 28.6 Å². The minimum absolute atomic E-state index is 0.0890. The Kier molecular flexibility index (Phi) is 61.2. The lowest BCUT2D eigenvalue weighted by Crippen LogP contribution is -2.30. The Morgan fingerprint density at radius 1 is 0.267 bits per heavy atom. The van der Waals surface area contributed by atoms with Crippen molar-refractivity contribution in [2.75, 3.05) is 13.2 Å². The Bertz CT molecular complexity index is 1340. The van der Waals surface area contributed by atoms with Gasteiger partial charge in [-0.1, -0.05) is 300 Å². The van der Waals surface area contributed by atoms with Gasteiger partial charge >= 0.3 is 17.9 Å². The SMILES string of the molecule is CCCCC/C=C\C/C=C\CCCCCCCCCCCC(=O)OC[C@H](COC(=O)CCC/C=C\C/C=C\C/C=C\CCCCCCCC)OC(=O)CCCCCCCCCCCCCCCCCCCCCCC. The maximum absolute atomic E-state index is 12.9. The summed E-state index contributed by atoms with van der Waals surface area (Å²) in [5, 5.41) is 0. The van der Waals surface area contributed by atoms with Crippen molar-refractivity contribution in [3.8, 4) is 0 Å². The molecular formula is C69H124O6. The van der Waals surface area contributed by atoms with E-state index in [9.17, 15) is 14.4 Å². The predicted octanol–water partition coefficient (Wildman–Crippen LogP) is 22.3. The smallest absolute Gasteiger partial charge is 0.306 e. The van der Waals surface area contributed by atoms with Gasteiger partial charge in [-0.2, -0.15) is 0 Å². The maximum Gasteiger partial charge on any atom is 0.306 e. The summed E-state index contributed by atoms with van der Waals surface area (Å²) in [5.41, 5.74) is 0. The first-order chi connectivity index (χ1) is 37.0. The Balaban J connectivity index is 4.40. The largest absolute Gasteiger partial charge is 0.462 e. The Hall–Kier alpha value is -2.89. The van der Waals surface area contributed by atoms with Gasteiger partial charge in [0.2, 0.25) is 0 Å². The zero-order chi connectivity index (χ0) is 54.3. The summed E-state index contributed by atoms with van der Waals surface area (Å²) in [6.07, 6.45) is 80.9. The summed E-state index contributed by atoms with van der Waals surface area (Å²) in [4.78, 5) is 38.3. The second kappa shape index (κ2) is 63.6. The number of allylic oxidation sites excluding steroid dienone is 10. The van der Waals surface area contributed by atoms with E-state index in [0.717, 1.165) is 64.2 Å². The van der Waals surface area contributed by atoms with Crippen molar-refractivity contribution in [2.24, 2.45) is 0 Å². The van der Waals surface area contributed by atoms with Crippen molar-refractivity contribution in [3.05, 3.63) is 60.8 Å². The van der Waals surface area contributed by atoms with Gasteiger partial charge < -0.3 is 14.2 Å². The topological polar surface area (TPSA) is 78.9 Å². The molecule has 0 aromatic heterocycles. The van der Waals surface area contributed by atoms with Crippen LogP contribution >= 0.6 is 0 Å². The molecule has 0 aliphatic carbocycles. The number of hydrogen-bond donors (Lipinski definition) is 0. The number of ether oxygens (including phenoxy) is 3. The molecule has 0 N–H and O–H groups in total. The highest BCUT2D eigenvalue weighted by molar-refractivity contribution is 5.71. The van der Waals surface area contributed by atoms with Gasteiger partial charge in [0.25, 0.3) is 0 Å². The van der Waals surface area contributed by atoms with Crippen LogP contribution in [-0.4, -0.2) is 37.2 Å². The lowest BCUT2D eigenvalue weighted by molar-refractivity contribution is -0.167. The van der Waals surface area contributed by atoms with Crippen LogP contribution in [0.4, 0.5) is 0 Å². The molecule has 0 spiro atoms. The average Bonchev–Trinajstić information content (AvgIpc) is 3.41. The molecule has 0 saturated carbocycles. The molecule has 75 heavy (non-hydrogen) atoms. The fourth-order valence-electron chi connectivity index (χ4n) is 9.55. The lowest BCUT2D eigenvalue weighted by Gasteiger charge is -2.18. The molecule has 6 heteroatoms. The highest BCUT2D eigenvalue weighted by Crippen LogP contribution is 2.17. The molecule has 0 fully saturated rings. The lowest BCUT2D eigenvalue weighted by atomic mass is 10.0. The molecule has 0 rings (SSSR count). The van der Waals surface area contributed by atoms with Crippen molar-refractivity contribution in [1.29, 1.82) is 0 Å². The van der Waals surface area contributed by atoms with Crippen LogP contribution in [0.3, 0.4) is 0 Å². The van der Waals surface area contributed by atoms with Gasteiger partial charge in [-0.15, -0.1) is 0 Å². The van der Waals surface area contributed by atoms with Gasteiger partial charge in [0.05, 0.1) is 0 Å². The number of esters is 3. The normalized spacial score (nSPS) is 12.4. The number of carbonyl (C=O) groups is 3. The first-order valence-corrected chi connectivity index (χ1v) is 32.8. The third-order valence-electron chi connectivity index (χ3n) is 14.5. The van der Waals surface area contributed by atoms with Gasteiger partial charge in [0.15, 0.2) is 6.10 Å². The quantitative estimate of drug-likeness (QED) is 0.0261. The maximum atomic E-state index is 12.9. The van der Waals surface area contributed by atoms with Crippen LogP contribution in [-0.2, 0) is 28.6 Å². The van der Waals surface area contributed by atoms with Crippen LogP contribution in [0.25, 0.3) is 0 Å². The third kappa shape index (κ3) is 61.8. The van der Waals surface area contributed by atoms with E-state index in [1.54, 1.807) is 0 Å². The number of carbonyl (C=O) groups excluding carboxylic acids is 3. The van der Waals surface area contributed by atoms with Gasteiger partial charge in [-0.25, -0.2) is 0 Å². The average molecular weight is 1050 g/mol. The molecular weight excluding hydrogens is 925 g/mol. The summed E-state index contributed by atoms with van der Waals surface area (Å²) < 4.78 is 16.9. The minimum Gasteiger partial charge on any atom is -0.462 e. The molecule has 0 aromatic rings. The van der Waals surface area contributed by atoms with Crippen molar-refractivity contribution >= 4 is 17.9 Å². The number of hydrogen-bond acceptors (Lipinski definition) is 6. The fraction of sp³-hybridized carbons (Fsp3) is 0.812. The first kappa shape index (κ1) is 72.1. The van der Waals surface area contributed by atoms with Crippen molar-refractivity contribution in [1.82, 2.24) is 0 Å². The Labute approximate surface area is 466 Å². The van der Waals surface area contributed by atoms with E-state index < -0.39 is 6.10 Å². The molecule has 6 nitrogen and oxygen atoms in total. The molecule has 0 unspecified atom stereocenters. The van der Waals surface area contributed by atoms with Crippen molar-refractivity contribution in [2.45, 2.75) is 348 Å². The number of rotatable bonds is 60. The summed E-state index contributed by atoms with van der Waals surface area (Å²) in [6, 6.07) is 0. The molecule has 0 bridgehead atoms. The van der Waals surface area contributed by atoms with Crippen LogP contribution in [0.15, 0.2) is 60.8 Å². The summed E-state index contributed by atoms with van der Waals surface area (Å²) >= 11 is 0. The zero-order valence-corrected chi connectivity index (χ0v) is 50.1. The summed E-state index contributed by atoms with van der Waals surface area (Å²) in [5.74, 6) is -0.927. The second-order valence-corrected chi connectivity index (χ2v) is 22.0. The van der Waals surface area contributed by atoms with E-state index >= 15 is 0 Å². The Morgan fingerprint density at radius 3 is 0.827 bits per heavy atom. The minimum atomic E-state index is -0.796.